The van der Waals surface area contributed by atoms with E-state index in [1.807, 2.05) is 6.92 Å². The second-order valence-electron chi connectivity index (χ2n) is 1.27. The first kappa shape index (κ1) is 7.43. The zero-order valence-corrected chi connectivity index (χ0v) is 5.59. The Morgan fingerprint density at radius 3 is 2.38 bits per heavy atom. The molecule has 0 saturated heterocycles. The van der Waals surface area contributed by atoms with Crippen LogP contribution in [-0.4, -0.2) is 11.9 Å². The molecule has 44 valence electrons. The molecule has 0 rings (SSSR count). The molecule has 0 spiro atoms. The highest BCUT2D eigenvalue weighted by atomic mass is 32.2. The van der Waals surface area contributed by atoms with Crippen LogP contribution in [0.15, 0.2) is 16.5 Å². The Balaban J connectivity index is 3.55. The van der Waals surface area contributed by atoms with Crippen molar-refractivity contribution in [3.63, 3.8) is 0 Å². The smallest absolute Gasteiger partial charge is 0.183 e. The lowest BCUT2D eigenvalue weighted by molar-refractivity contribution is 1.51. The van der Waals surface area contributed by atoms with Gasteiger partial charge in [0, 0.05) is 0 Å². The fourth-order valence-corrected chi connectivity index (χ4v) is 0.592. The molecule has 0 fully saturated rings. The molecule has 0 atom stereocenters. The zero-order chi connectivity index (χ0) is 6.57. The van der Waals surface area contributed by atoms with Gasteiger partial charge in [-0.3, -0.25) is 5.41 Å². The maximum absolute atomic E-state index is 6.94. The van der Waals surface area contributed by atoms with Gasteiger partial charge >= 0.3 is 0 Å². The molecular formula is C5H8N2S. The topological polar surface area (TPSA) is 36.2 Å². The van der Waals surface area contributed by atoms with Gasteiger partial charge in [0.2, 0.25) is 0 Å². The number of hydrogen-bond donors (Lipinski definition) is 1. The van der Waals surface area contributed by atoms with Crippen LogP contribution >= 0.6 is 11.8 Å². The number of nitrogens with zero attached hydrogens (tertiary/aromatic N) is 1. The minimum atomic E-state index is 0.206. The van der Waals surface area contributed by atoms with E-state index < -0.39 is 0 Å². The average Bonchev–Trinajstić information content (AvgIpc) is 1.65. The standard InChI is InChI=1S/C5H8N2S/c1-4(2)8-5(6)7-3/h6H,1,3H2,2H3. The molecule has 0 aliphatic carbocycles. The van der Waals surface area contributed by atoms with E-state index in [0.717, 1.165) is 4.91 Å². The summed E-state index contributed by atoms with van der Waals surface area (Å²) in [7, 11) is 0. The number of hydrogen-bond acceptors (Lipinski definition) is 2. The van der Waals surface area contributed by atoms with E-state index in [0.29, 0.717) is 0 Å². The van der Waals surface area contributed by atoms with Crippen molar-refractivity contribution in [3.05, 3.63) is 11.5 Å². The minimum absolute atomic E-state index is 0.206. The van der Waals surface area contributed by atoms with Crippen LogP contribution in [0.2, 0.25) is 0 Å². The molecule has 0 aliphatic heterocycles. The zero-order valence-electron chi connectivity index (χ0n) is 4.77. The van der Waals surface area contributed by atoms with E-state index >= 15 is 0 Å². The van der Waals surface area contributed by atoms with Crippen LogP contribution in [0.3, 0.4) is 0 Å². The van der Waals surface area contributed by atoms with Crippen molar-refractivity contribution in [2.45, 2.75) is 6.92 Å². The summed E-state index contributed by atoms with van der Waals surface area (Å²) < 4.78 is 0. The quantitative estimate of drug-likeness (QED) is 0.425. The lowest BCUT2D eigenvalue weighted by atomic mass is 10.8. The predicted octanol–water partition coefficient (Wildman–Crippen LogP) is 1.89. The van der Waals surface area contributed by atoms with Gasteiger partial charge in [-0.15, -0.1) is 0 Å². The SMILES string of the molecule is C=NC(=N)SC(=C)C. The minimum Gasteiger partial charge on any atom is -0.277 e. The summed E-state index contributed by atoms with van der Waals surface area (Å²) in [6.45, 7) is 8.58. The van der Waals surface area contributed by atoms with E-state index in [2.05, 4.69) is 18.3 Å². The maximum Gasteiger partial charge on any atom is 0.183 e. The van der Waals surface area contributed by atoms with Gasteiger partial charge in [0.15, 0.2) is 5.17 Å². The molecule has 0 bridgehead atoms. The third kappa shape index (κ3) is 3.61. The number of amidine groups is 1. The predicted molar refractivity (Wildman–Crippen MR) is 39.7 cm³/mol. The Labute approximate surface area is 53.2 Å². The van der Waals surface area contributed by atoms with Gasteiger partial charge in [-0.25, -0.2) is 4.99 Å². The van der Waals surface area contributed by atoms with Crippen molar-refractivity contribution in [1.29, 1.82) is 5.41 Å². The molecule has 0 aromatic heterocycles. The molecule has 0 radical (unpaired) electrons. The average molecular weight is 128 g/mol. The molecule has 2 nitrogen and oxygen atoms in total. The van der Waals surface area contributed by atoms with Gasteiger partial charge in [-0.1, -0.05) is 18.3 Å². The number of aliphatic imine (C=N–C) groups is 1. The summed E-state index contributed by atoms with van der Waals surface area (Å²) >= 11 is 1.21. The highest BCUT2D eigenvalue weighted by Gasteiger charge is 1.89. The van der Waals surface area contributed by atoms with Crippen molar-refractivity contribution < 1.29 is 0 Å². The number of thioether (sulfide) groups is 1. The van der Waals surface area contributed by atoms with E-state index in [4.69, 9.17) is 5.41 Å². The van der Waals surface area contributed by atoms with Gasteiger partial charge < -0.3 is 0 Å². The van der Waals surface area contributed by atoms with Crippen LogP contribution in [0.25, 0.3) is 0 Å². The Morgan fingerprint density at radius 2 is 2.25 bits per heavy atom. The second-order valence-corrected chi connectivity index (χ2v) is 2.56. The van der Waals surface area contributed by atoms with Crippen LogP contribution in [0.4, 0.5) is 0 Å². The van der Waals surface area contributed by atoms with Crippen LogP contribution in [0.1, 0.15) is 6.92 Å². The first-order valence-electron chi connectivity index (χ1n) is 2.05. The molecule has 1 N–H and O–H groups in total. The first-order valence-corrected chi connectivity index (χ1v) is 2.87. The van der Waals surface area contributed by atoms with E-state index in [1.54, 1.807) is 0 Å². The van der Waals surface area contributed by atoms with Crippen molar-refractivity contribution in [1.82, 2.24) is 0 Å². The fraction of sp³-hybridized carbons (Fsp3) is 0.200. The third-order valence-corrected chi connectivity index (χ3v) is 1.09. The van der Waals surface area contributed by atoms with Gasteiger partial charge in [-0.2, -0.15) is 0 Å². The number of rotatable bonds is 1. The molecule has 0 aliphatic rings. The molecule has 0 aromatic rings. The lowest BCUT2D eigenvalue weighted by Gasteiger charge is -1.91. The molecule has 0 aromatic carbocycles. The van der Waals surface area contributed by atoms with Gasteiger partial charge in [-0.05, 0) is 18.5 Å². The molecule has 0 heterocycles. The Morgan fingerprint density at radius 1 is 1.75 bits per heavy atom. The first-order chi connectivity index (χ1) is 3.66. The van der Waals surface area contributed by atoms with Crippen LogP contribution in [-0.2, 0) is 0 Å². The Hall–Kier alpha value is -0.570. The highest BCUT2D eigenvalue weighted by Crippen LogP contribution is 2.12. The third-order valence-electron chi connectivity index (χ3n) is 0.415. The molecule has 0 amide bonds. The number of allylic oxidation sites excluding steroid dienone is 1. The molecular weight excluding hydrogens is 120 g/mol. The van der Waals surface area contributed by atoms with E-state index in [-0.39, 0.29) is 5.17 Å². The normalized spacial score (nSPS) is 8.12. The summed E-state index contributed by atoms with van der Waals surface area (Å²) in [6.07, 6.45) is 0. The maximum atomic E-state index is 6.94. The highest BCUT2D eigenvalue weighted by molar-refractivity contribution is 8.17. The summed E-state index contributed by atoms with van der Waals surface area (Å²) in [5, 5.41) is 7.15. The Bertz CT molecular complexity index is 128. The van der Waals surface area contributed by atoms with Gasteiger partial charge in [0.25, 0.3) is 0 Å². The van der Waals surface area contributed by atoms with Gasteiger partial charge in [0.05, 0.1) is 0 Å². The molecule has 3 heteroatoms. The van der Waals surface area contributed by atoms with E-state index in [9.17, 15) is 0 Å². The summed E-state index contributed by atoms with van der Waals surface area (Å²) in [5.41, 5.74) is 0. The van der Waals surface area contributed by atoms with Crippen molar-refractivity contribution in [3.8, 4) is 0 Å². The lowest BCUT2D eigenvalue weighted by Crippen LogP contribution is -1.79. The van der Waals surface area contributed by atoms with Crippen molar-refractivity contribution >= 4 is 23.6 Å². The molecule has 8 heavy (non-hydrogen) atoms. The molecule has 0 saturated carbocycles. The van der Waals surface area contributed by atoms with Crippen molar-refractivity contribution in [2.75, 3.05) is 0 Å². The van der Waals surface area contributed by atoms with Gasteiger partial charge in [0.1, 0.15) is 0 Å². The fourth-order valence-electron chi connectivity index (χ4n) is 0.197. The molecule has 0 unspecified atom stereocenters. The van der Waals surface area contributed by atoms with Crippen LogP contribution < -0.4 is 0 Å². The van der Waals surface area contributed by atoms with Crippen molar-refractivity contribution in [2.24, 2.45) is 4.99 Å². The summed E-state index contributed by atoms with van der Waals surface area (Å²) in [4.78, 5) is 4.23. The van der Waals surface area contributed by atoms with Crippen LogP contribution in [0, 0.1) is 5.41 Å². The summed E-state index contributed by atoms with van der Waals surface area (Å²) in [5.74, 6) is 0. The monoisotopic (exact) mass is 128 g/mol. The van der Waals surface area contributed by atoms with Crippen LogP contribution in [0.5, 0.6) is 0 Å². The number of nitrogens with one attached hydrogen (secondary N) is 1. The Kier molecular flexibility index (Phi) is 3.19. The summed E-state index contributed by atoms with van der Waals surface area (Å²) in [6, 6.07) is 0. The second kappa shape index (κ2) is 3.43. The largest absolute Gasteiger partial charge is 0.277 e. The van der Waals surface area contributed by atoms with E-state index in [1.165, 1.54) is 11.8 Å².